The quantitative estimate of drug-likeness (QED) is 0.634. The molecule has 4 amide bonds. The van der Waals surface area contributed by atoms with Gasteiger partial charge in [-0.05, 0) is 53.3 Å². The minimum Gasteiger partial charge on any atom is -0.325 e. The number of halogens is 1. The summed E-state index contributed by atoms with van der Waals surface area (Å²) in [5.74, 6) is -1.02. The molecule has 0 unspecified atom stereocenters. The van der Waals surface area contributed by atoms with Crippen LogP contribution in [0.1, 0.15) is 20.7 Å². The van der Waals surface area contributed by atoms with E-state index in [9.17, 15) is 19.2 Å². The van der Waals surface area contributed by atoms with Crippen LogP contribution in [-0.4, -0.2) is 65.6 Å². The molecule has 0 fully saturated rings. The largest absolute Gasteiger partial charge is 0.325 e. The number of likely N-dealkylation sites (N-methyl/N-ethyl adjacent to an activating group) is 1. The molecule has 0 saturated heterocycles. The van der Waals surface area contributed by atoms with Gasteiger partial charge in [0.2, 0.25) is 11.8 Å². The molecule has 0 aliphatic carbocycles. The van der Waals surface area contributed by atoms with Gasteiger partial charge < -0.3 is 10.6 Å². The lowest BCUT2D eigenvalue weighted by atomic mass is 10.1. The van der Waals surface area contributed by atoms with Crippen LogP contribution in [0, 0.1) is 0 Å². The maximum absolute atomic E-state index is 12.2. The van der Waals surface area contributed by atoms with Crippen molar-refractivity contribution in [2.75, 3.05) is 37.8 Å². The first kappa shape index (κ1) is 20.6. The summed E-state index contributed by atoms with van der Waals surface area (Å²) >= 11 is 3.27. The van der Waals surface area contributed by atoms with Crippen LogP contribution in [0.25, 0.3) is 0 Å². The smallest absolute Gasteiger partial charge is 0.261 e. The molecule has 1 aliphatic heterocycles. The molecule has 29 heavy (non-hydrogen) atoms. The molecule has 150 valence electrons. The van der Waals surface area contributed by atoms with Gasteiger partial charge in [0.25, 0.3) is 11.8 Å². The van der Waals surface area contributed by atoms with Crippen molar-refractivity contribution >= 4 is 51.1 Å². The number of hydrogen-bond donors (Lipinski definition) is 2. The standard InChI is InChI=1S/C19H18BrN5O4/c1-24(10-17(27)23-15-6-3-11(20)8-21-15)9-16(26)22-12-4-5-13-14(7-12)19(29)25(2)18(13)28/h3-8H,9-10H2,1-2H3,(H,22,26)(H,21,23,27). The molecule has 3 rings (SSSR count). The Kier molecular flexibility index (Phi) is 6.04. The zero-order valence-corrected chi connectivity index (χ0v) is 17.3. The molecule has 9 nitrogen and oxygen atoms in total. The first-order chi connectivity index (χ1) is 13.7. The number of aromatic nitrogens is 1. The summed E-state index contributed by atoms with van der Waals surface area (Å²) in [5, 5.41) is 5.32. The molecule has 0 radical (unpaired) electrons. The van der Waals surface area contributed by atoms with Gasteiger partial charge in [-0.15, -0.1) is 0 Å². The van der Waals surface area contributed by atoms with Crippen molar-refractivity contribution in [3.05, 3.63) is 52.1 Å². The van der Waals surface area contributed by atoms with Gasteiger partial charge in [-0.25, -0.2) is 4.98 Å². The zero-order chi connectivity index (χ0) is 21.1. The highest BCUT2D eigenvalue weighted by atomic mass is 79.9. The number of amides is 4. The number of hydrogen-bond acceptors (Lipinski definition) is 6. The fourth-order valence-electron chi connectivity index (χ4n) is 2.82. The highest BCUT2D eigenvalue weighted by Gasteiger charge is 2.32. The second-order valence-electron chi connectivity index (χ2n) is 6.56. The van der Waals surface area contributed by atoms with Gasteiger partial charge in [0.05, 0.1) is 24.2 Å². The fourth-order valence-corrected chi connectivity index (χ4v) is 3.05. The fraction of sp³-hybridized carbons (Fsp3) is 0.211. The Hall–Kier alpha value is -3.11. The summed E-state index contributed by atoms with van der Waals surface area (Å²) in [6.07, 6.45) is 1.57. The van der Waals surface area contributed by atoms with Crippen LogP contribution < -0.4 is 10.6 Å². The van der Waals surface area contributed by atoms with Gasteiger partial charge >= 0.3 is 0 Å². The maximum Gasteiger partial charge on any atom is 0.261 e. The zero-order valence-electron chi connectivity index (χ0n) is 15.7. The Morgan fingerprint density at radius 1 is 1.03 bits per heavy atom. The molecule has 2 heterocycles. The van der Waals surface area contributed by atoms with Crippen molar-refractivity contribution in [1.82, 2.24) is 14.8 Å². The van der Waals surface area contributed by atoms with E-state index < -0.39 is 5.91 Å². The number of fused-ring (bicyclic) bond motifs is 1. The molecular weight excluding hydrogens is 442 g/mol. The first-order valence-corrected chi connectivity index (χ1v) is 9.40. The molecule has 0 spiro atoms. The maximum atomic E-state index is 12.2. The van der Waals surface area contributed by atoms with E-state index in [0.717, 1.165) is 9.37 Å². The van der Waals surface area contributed by atoms with Crippen molar-refractivity contribution in [3.8, 4) is 0 Å². The average molecular weight is 460 g/mol. The first-order valence-electron chi connectivity index (χ1n) is 8.61. The summed E-state index contributed by atoms with van der Waals surface area (Å²) in [6.45, 7) is -0.0435. The summed E-state index contributed by atoms with van der Waals surface area (Å²) in [7, 11) is 3.04. The van der Waals surface area contributed by atoms with Crippen LogP contribution in [0.15, 0.2) is 41.0 Å². The third kappa shape index (κ3) is 4.84. The highest BCUT2D eigenvalue weighted by molar-refractivity contribution is 9.10. The second kappa shape index (κ2) is 8.50. The lowest BCUT2D eigenvalue weighted by Gasteiger charge is -2.16. The van der Waals surface area contributed by atoms with Gasteiger partial charge in [0.15, 0.2) is 0 Å². The monoisotopic (exact) mass is 459 g/mol. The third-order valence-corrected chi connectivity index (χ3v) is 4.66. The molecule has 1 aromatic carbocycles. The van der Waals surface area contributed by atoms with E-state index >= 15 is 0 Å². The van der Waals surface area contributed by atoms with Crippen molar-refractivity contribution in [3.63, 3.8) is 0 Å². The summed E-state index contributed by atoms with van der Waals surface area (Å²) in [4.78, 5) is 54.9. The average Bonchev–Trinajstić information content (AvgIpc) is 2.87. The van der Waals surface area contributed by atoms with Gasteiger partial charge in [0, 0.05) is 23.4 Å². The van der Waals surface area contributed by atoms with E-state index in [0.29, 0.717) is 17.1 Å². The Bertz CT molecular complexity index is 993. The lowest BCUT2D eigenvalue weighted by molar-refractivity contribution is -0.119. The molecule has 0 saturated carbocycles. The van der Waals surface area contributed by atoms with Crippen LogP contribution in [0.5, 0.6) is 0 Å². The number of carbonyl (C=O) groups excluding carboxylic acids is 4. The SMILES string of the molecule is CN(CC(=O)Nc1ccc2c(c1)C(=O)N(C)C2=O)CC(=O)Nc1ccc(Br)cn1. The number of nitrogens with zero attached hydrogens (tertiary/aromatic N) is 3. The molecule has 1 aromatic heterocycles. The normalized spacial score (nSPS) is 12.9. The molecule has 10 heteroatoms. The number of pyridine rings is 1. The van der Waals surface area contributed by atoms with Crippen LogP contribution in [0.3, 0.4) is 0 Å². The highest BCUT2D eigenvalue weighted by Crippen LogP contribution is 2.24. The number of anilines is 2. The van der Waals surface area contributed by atoms with Gasteiger partial charge in [-0.3, -0.25) is 29.0 Å². The minimum atomic E-state index is -0.406. The third-order valence-electron chi connectivity index (χ3n) is 4.20. The van der Waals surface area contributed by atoms with E-state index in [2.05, 4.69) is 31.5 Å². The molecule has 2 N–H and O–H groups in total. The number of carbonyl (C=O) groups is 4. The molecule has 2 aromatic rings. The minimum absolute atomic E-state index is 0.00681. The number of nitrogens with one attached hydrogen (secondary N) is 2. The lowest BCUT2D eigenvalue weighted by Crippen LogP contribution is -2.36. The predicted octanol–water partition coefficient (Wildman–Crippen LogP) is 1.58. The molecule has 0 bridgehead atoms. The van der Waals surface area contributed by atoms with Crippen molar-refractivity contribution < 1.29 is 19.2 Å². The predicted molar refractivity (Wildman–Crippen MR) is 110 cm³/mol. The van der Waals surface area contributed by atoms with Gasteiger partial charge in [0.1, 0.15) is 5.82 Å². The van der Waals surface area contributed by atoms with Crippen LogP contribution in [0.4, 0.5) is 11.5 Å². The summed E-state index contributed by atoms with van der Waals surface area (Å²) in [5.41, 5.74) is 0.970. The second-order valence-corrected chi connectivity index (χ2v) is 7.48. The van der Waals surface area contributed by atoms with Crippen molar-refractivity contribution in [2.45, 2.75) is 0 Å². The topological polar surface area (TPSA) is 112 Å². The Morgan fingerprint density at radius 2 is 1.69 bits per heavy atom. The van der Waals surface area contributed by atoms with E-state index in [-0.39, 0.29) is 36.4 Å². The van der Waals surface area contributed by atoms with Crippen LogP contribution in [0.2, 0.25) is 0 Å². The van der Waals surface area contributed by atoms with E-state index in [1.165, 1.54) is 19.2 Å². The molecule has 1 aliphatic rings. The number of benzene rings is 1. The number of imide groups is 1. The Labute approximate surface area is 175 Å². The van der Waals surface area contributed by atoms with E-state index in [1.54, 1.807) is 36.3 Å². The summed E-state index contributed by atoms with van der Waals surface area (Å²) in [6, 6.07) is 7.96. The Balaban J connectivity index is 1.53. The van der Waals surface area contributed by atoms with Crippen LogP contribution in [-0.2, 0) is 9.59 Å². The van der Waals surface area contributed by atoms with Crippen molar-refractivity contribution in [1.29, 1.82) is 0 Å². The Morgan fingerprint density at radius 3 is 2.34 bits per heavy atom. The molecule has 0 atom stereocenters. The van der Waals surface area contributed by atoms with E-state index in [1.807, 2.05) is 0 Å². The number of rotatable bonds is 6. The van der Waals surface area contributed by atoms with Crippen molar-refractivity contribution in [2.24, 2.45) is 0 Å². The van der Waals surface area contributed by atoms with Crippen LogP contribution >= 0.6 is 15.9 Å². The van der Waals surface area contributed by atoms with Gasteiger partial charge in [-0.1, -0.05) is 0 Å². The molecular formula is C19H18BrN5O4. The van der Waals surface area contributed by atoms with Gasteiger partial charge in [-0.2, -0.15) is 0 Å². The summed E-state index contributed by atoms with van der Waals surface area (Å²) < 4.78 is 0.800. The van der Waals surface area contributed by atoms with E-state index in [4.69, 9.17) is 0 Å².